The standard InChI is InChI=1S/C19H31NO/c1-5-16-8-6-7-9-18(16)21-17-12-10-15(11-13-17)14-20-19(2,3)4/h10-13,16,18,20H,5-9,14H2,1-4H3. The van der Waals surface area contributed by atoms with Crippen molar-refractivity contribution in [3.8, 4) is 5.75 Å². The Kier molecular flexibility index (Phi) is 5.69. The van der Waals surface area contributed by atoms with Crippen LogP contribution in [0.5, 0.6) is 5.75 Å². The molecule has 1 saturated carbocycles. The number of benzene rings is 1. The summed E-state index contributed by atoms with van der Waals surface area (Å²) in [6, 6.07) is 8.61. The van der Waals surface area contributed by atoms with E-state index in [0.29, 0.717) is 6.10 Å². The van der Waals surface area contributed by atoms with Crippen molar-refractivity contribution in [1.82, 2.24) is 5.32 Å². The van der Waals surface area contributed by atoms with Crippen LogP contribution in [0.2, 0.25) is 0 Å². The van der Waals surface area contributed by atoms with E-state index in [1.165, 1.54) is 37.7 Å². The van der Waals surface area contributed by atoms with E-state index in [1.807, 2.05) is 0 Å². The zero-order valence-corrected chi connectivity index (χ0v) is 14.1. The van der Waals surface area contributed by atoms with E-state index in [1.54, 1.807) is 0 Å². The van der Waals surface area contributed by atoms with Crippen LogP contribution in [0, 0.1) is 5.92 Å². The summed E-state index contributed by atoms with van der Waals surface area (Å²) < 4.78 is 6.24. The van der Waals surface area contributed by atoms with E-state index >= 15 is 0 Å². The predicted octanol–water partition coefficient (Wildman–Crippen LogP) is 4.92. The number of hydrogen-bond donors (Lipinski definition) is 1. The van der Waals surface area contributed by atoms with Crippen molar-refractivity contribution in [1.29, 1.82) is 0 Å². The van der Waals surface area contributed by atoms with Gasteiger partial charge in [0.05, 0.1) is 0 Å². The van der Waals surface area contributed by atoms with Gasteiger partial charge in [-0.05, 0) is 70.1 Å². The predicted molar refractivity (Wildman–Crippen MR) is 89.7 cm³/mol. The molecule has 0 bridgehead atoms. The Morgan fingerprint density at radius 1 is 1.10 bits per heavy atom. The Balaban J connectivity index is 1.89. The number of nitrogens with one attached hydrogen (secondary N) is 1. The molecule has 0 spiro atoms. The lowest BCUT2D eigenvalue weighted by Gasteiger charge is -2.31. The third-order valence-electron chi connectivity index (χ3n) is 4.40. The molecule has 0 saturated heterocycles. The molecule has 0 amide bonds. The van der Waals surface area contributed by atoms with Crippen molar-refractivity contribution in [3.05, 3.63) is 29.8 Å². The Morgan fingerprint density at radius 3 is 2.38 bits per heavy atom. The Morgan fingerprint density at radius 2 is 1.76 bits per heavy atom. The lowest BCUT2D eigenvalue weighted by molar-refractivity contribution is 0.0904. The van der Waals surface area contributed by atoms with Crippen molar-refractivity contribution in [2.24, 2.45) is 5.92 Å². The maximum absolute atomic E-state index is 6.24. The second-order valence-corrected chi connectivity index (χ2v) is 7.36. The monoisotopic (exact) mass is 289 g/mol. The topological polar surface area (TPSA) is 21.3 Å². The number of ether oxygens (including phenoxy) is 1. The van der Waals surface area contributed by atoms with E-state index in [2.05, 4.69) is 57.3 Å². The van der Waals surface area contributed by atoms with Crippen LogP contribution in [0.4, 0.5) is 0 Å². The molecular weight excluding hydrogens is 258 g/mol. The maximum Gasteiger partial charge on any atom is 0.119 e. The summed E-state index contributed by atoms with van der Waals surface area (Å²) >= 11 is 0. The molecule has 1 aliphatic carbocycles. The van der Waals surface area contributed by atoms with Crippen LogP contribution in [0.3, 0.4) is 0 Å². The van der Waals surface area contributed by atoms with E-state index in [9.17, 15) is 0 Å². The van der Waals surface area contributed by atoms with Gasteiger partial charge in [-0.2, -0.15) is 0 Å². The van der Waals surface area contributed by atoms with E-state index in [4.69, 9.17) is 4.74 Å². The fraction of sp³-hybridized carbons (Fsp3) is 0.684. The van der Waals surface area contributed by atoms with Crippen LogP contribution in [0.1, 0.15) is 65.4 Å². The summed E-state index contributed by atoms with van der Waals surface area (Å²) in [4.78, 5) is 0. The van der Waals surface area contributed by atoms with Gasteiger partial charge in [0.2, 0.25) is 0 Å². The zero-order valence-electron chi connectivity index (χ0n) is 14.1. The Hall–Kier alpha value is -1.02. The third-order valence-corrected chi connectivity index (χ3v) is 4.40. The molecule has 1 fully saturated rings. The zero-order chi connectivity index (χ0) is 15.3. The molecule has 0 aromatic heterocycles. The summed E-state index contributed by atoms with van der Waals surface area (Å²) in [6.45, 7) is 9.77. The van der Waals surface area contributed by atoms with Crippen LogP contribution in [0.15, 0.2) is 24.3 Å². The Labute approximate surface area is 130 Å². The van der Waals surface area contributed by atoms with Crippen molar-refractivity contribution < 1.29 is 4.74 Å². The van der Waals surface area contributed by atoms with Crippen LogP contribution in [0.25, 0.3) is 0 Å². The second kappa shape index (κ2) is 7.31. The molecule has 0 aliphatic heterocycles. The highest BCUT2D eigenvalue weighted by atomic mass is 16.5. The molecule has 0 heterocycles. The van der Waals surface area contributed by atoms with Crippen LogP contribution in [-0.2, 0) is 6.54 Å². The molecule has 2 rings (SSSR count). The van der Waals surface area contributed by atoms with Gasteiger partial charge in [-0.25, -0.2) is 0 Å². The maximum atomic E-state index is 6.24. The summed E-state index contributed by atoms with van der Waals surface area (Å²) in [5.41, 5.74) is 1.47. The number of rotatable bonds is 5. The van der Waals surface area contributed by atoms with Gasteiger partial charge >= 0.3 is 0 Å². The van der Waals surface area contributed by atoms with Crippen LogP contribution < -0.4 is 10.1 Å². The van der Waals surface area contributed by atoms with Gasteiger partial charge in [0.15, 0.2) is 0 Å². The van der Waals surface area contributed by atoms with E-state index in [-0.39, 0.29) is 5.54 Å². The summed E-state index contributed by atoms with van der Waals surface area (Å²) in [6.07, 6.45) is 6.88. The first kappa shape index (κ1) is 16.4. The largest absolute Gasteiger partial charge is 0.490 e. The fourth-order valence-electron chi connectivity index (χ4n) is 3.02. The first-order valence-electron chi connectivity index (χ1n) is 8.48. The highest BCUT2D eigenvalue weighted by molar-refractivity contribution is 5.27. The number of hydrogen-bond acceptors (Lipinski definition) is 2. The average molecular weight is 289 g/mol. The van der Waals surface area contributed by atoms with Gasteiger partial charge in [0, 0.05) is 12.1 Å². The highest BCUT2D eigenvalue weighted by Crippen LogP contribution is 2.30. The van der Waals surface area contributed by atoms with Crippen molar-refractivity contribution in [2.45, 2.75) is 78.0 Å². The van der Waals surface area contributed by atoms with Crippen molar-refractivity contribution in [2.75, 3.05) is 0 Å². The van der Waals surface area contributed by atoms with Gasteiger partial charge in [0.1, 0.15) is 11.9 Å². The second-order valence-electron chi connectivity index (χ2n) is 7.36. The summed E-state index contributed by atoms with van der Waals surface area (Å²) in [5, 5.41) is 3.51. The van der Waals surface area contributed by atoms with Gasteiger partial charge in [0.25, 0.3) is 0 Å². The van der Waals surface area contributed by atoms with E-state index < -0.39 is 0 Å². The molecule has 2 atom stereocenters. The smallest absolute Gasteiger partial charge is 0.119 e. The van der Waals surface area contributed by atoms with Gasteiger partial charge in [-0.1, -0.05) is 25.5 Å². The molecule has 118 valence electrons. The van der Waals surface area contributed by atoms with Crippen LogP contribution >= 0.6 is 0 Å². The highest BCUT2D eigenvalue weighted by Gasteiger charge is 2.25. The van der Waals surface area contributed by atoms with Crippen LogP contribution in [-0.4, -0.2) is 11.6 Å². The fourth-order valence-corrected chi connectivity index (χ4v) is 3.02. The first-order valence-corrected chi connectivity index (χ1v) is 8.48. The average Bonchev–Trinajstić information content (AvgIpc) is 2.46. The molecule has 1 aromatic rings. The quantitative estimate of drug-likeness (QED) is 0.830. The van der Waals surface area contributed by atoms with E-state index in [0.717, 1.165) is 18.2 Å². The molecule has 1 N–H and O–H groups in total. The summed E-state index contributed by atoms with van der Waals surface area (Å²) in [5.74, 6) is 1.76. The van der Waals surface area contributed by atoms with Gasteiger partial charge in [-0.3, -0.25) is 0 Å². The molecule has 2 heteroatoms. The minimum absolute atomic E-state index is 0.158. The molecule has 1 aromatic carbocycles. The molecule has 2 nitrogen and oxygen atoms in total. The lowest BCUT2D eigenvalue weighted by atomic mass is 9.85. The SMILES string of the molecule is CCC1CCCCC1Oc1ccc(CNC(C)(C)C)cc1. The minimum atomic E-state index is 0.158. The van der Waals surface area contributed by atoms with Crippen molar-refractivity contribution >= 4 is 0 Å². The third kappa shape index (κ3) is 5.35. The van der Waals surface area contributed by atoms with Gasteiger partial charge < -0.3 is 10.1 Å². The molecule has 0 radical (unpaired) electrons. The lowest BCUT2D eigenvalue weighted by Crippen LogP contribution is -2.35. The normalized spacial score (nSPS) is 23.0. The first-order chi connectivity index (χ1) is 9.98. The summed E-state index contributed by atoms with van der Waals surface area (Å²) in [7, 11) is 0. The molecule has 2 unspecified atom stereocenters. The molecule has 21 heavy (non-hydrogen) atoms. The van der Waals surface area contributed by atoms with Gasteiger partial charge in [-0.15, -0.1) is 0 Å². The Bertz CT molecular complexity index is 418. The minimum Gasteiger partial charge on any atom is -0.490 e. The molecular formula is C19H31NO. The van der Waals surface area contributed by atoms with Crippen molar-refractivity contribution in [3.63, 3.8) is 0 Å². The molecule has 1 aliphatic rings.